The first kappa shape index (κ1) is 14.2. The van der Waals surface area contributed by atoms with E-state index < -0.39 is 0 Å². The van der Waals surface area contributed by atoms with Gasteiger partial charge in [0.15, 0.2) is 0 Å². The highest BCUT2D eigenvalue weighted by Gasteiger charge is 2.14. The fourth-order valence-corrected chi connectivity index (χ4v) is 1.05. The molecule has 0 rings (SSSR count). The molecule has 0 aliphatic rings. The number of hydrogen-bond donors (Lipinski definition) is 2. The lowest BCUT2D eigenvalue weighted by Gasteiger charge is -2.17. The highest BCUT2D eigenvalue weighted by atomic mass is 24.3. The van der Waals surface area contributed by atoms with Crippen molar-refractivity contribution in [3.63, 3.8) is 0 Å². The summed E-state index contributed by atoms with van der Waals surface area (Å²) >= 11 is 0. The number of hydrogen-bond acceptors (Lipinski definition) is 2. The molecule has 0 heterocycles. The van der Waals surface area contributed by atoms with Gasteiger partial charge in [-0.05, 0) is 12.8 Å². The van der Waals surface area contributed by atoms with Gasteiger partial charge in [-0.1, -0.05) is 20.3 Å². The quantitative estimate of drug-likeness (QED) is 0.584. The van der Waals surface area contributed by atoms with Gasteiger partial charge < -0.3 is 10.2 Å². The molecule has 0 saturated heterocycles. The normalized spacial score (nSPS) is 15.3. The topological polar surface area (TPSA) is 40.5 Å². The second-order valence-corrected chi connectivity index (χ2v) is 2.71. The highest BCUT2D eigenvalue weighted by molar-refractivity contribution is 5.75. The Morgan fingerprint density at radius 1 is 1.27 bits per heavy atom. The first-order chi connectivity index (χ1) is 4.76. The fraction of sp³-hybridized carbons (Fsp3) is 1.00. The molecule has 2 nitrogen and oxygen atoms in total. The molecule has 0 aliphatic carbocycles. The molecule has 0 aromatic heterocycles. The Morgan fingerprint density at radius 3 is 2.09 bits per heavy atom. The van der Waals surface area contributed by atoms with Crippen LogP contribution in [0, 0.1) is 5.92 Å². The molecule has 66 valence electrons. The van der Waals surface area contributed by atoms with Gasteiger partial charge in [0.25, 0.3) is 0 Å². The second kappa shape index (κ2) is 8.78. The van der Waals surface area contributed by atoms with E-state index in [4.69, 9.17) is 5.11 Å². The molecule has 0 amide bonds. The lowest BCUT2D eigenvalue weighted by molar-refractivity contribution is 0.0584. The molecular weight excluding hydrogens is 152 g/mol. The van der Waals surface area contributed by atoms with Crippen LogP contribution in [0.3, 0.4) is 0 Å². The maximum Gasteiger partial charge on any atom is 0.316 e. The van der Waals surface area contributed by atoms with E-state index in [2.05, 4.69) is 0 Å². The first-order valence-electron chi connectivity index (χ1n) is 4.05. The zero-order chi connectivity index (χ0) is 7.98. The number of aliphatic hydroxyl groups is 2. The summed E-state index contributed by atoms with van der Waals surface area (Å²) in [5.41, 5.74) is 0. The van der Waals surface area contributed by atoms with Crippen molar-refractivity contribution in [1.82, 2.24) is 0 Å². The smallest absolute Gasteiger partial charge is 0.316 e. The third kappa shape index (κ3) is 5.90. The Kier molecular flexibility index (Phi) is 11.4. The zero-order valence-corrected chi connectivity index (χ0v) is 6.88. The van der Waals surface area contributed by atoms with Crippen molar-refractivity contribution < 1.29 is 10.2 Å². The molecule has 0 spiro atoms. The average Bonchev–Trinajstić information content (AvgIpc) is 1.91. The standard InChI is InChI=1S/C8H18O2.Mg.2H/c1-3-5-8(10)7(4-2)6-9;;;/h7-10H,3-6H2,1-2H3;;;. The van der Waals surface area contributed by atoms with Crippen LogP contribution in [-0.2, 0) is 0 Å². The summed E-state index contributed by atoms with van der Waals surface area (Å²) in [6, 6.07) is 0. The van der Waals surface area contributed by atoms with Gasteiger partial charge in [-0.2, -0.15) is 0 Å². The average molecular weight is 173 g/mol. The Hall–Kier alpha value is 0.686. The monoisotopic (exact) mass is 172 g/mol. The molecule has 0 aliphatic heterocycles. The van der Waals surface area contributed by atoms with Crippen LogP contribution in [0.1, 0.15) is 33.1 Å². The minimum absolute atomic E-state index is 0. The van der Waals surface area contributed by atoms with Crippen LogP contribution in [0.15, 0.2) is 0 Å². The van der Waals surface area contributed by atoms with E-state index in [0.717, 1.165) is 19.3 Å². The molecule has 0 bridgehead atoms. The zero-order valence-electron chi connectivity index (χ0n) is 6.88. The maximum absolute atomic E-state index is 9.35. The summed E-state index contributed by atoms with van der Waals surface area (Å²) in [7, 11) is 0. The van der Waals surface area contributed by atoms with Crippen LogP contribution >= 0.6 is 0 Å². The molecule has 0 radical (unpaired) electrons. The molecule has 11 heavy (non-hydrogen) atoms. The predicted molar refractivity (Wildman–Crippen MR) is 50.3 cm³/mol. The van der Waals surface area contributed by atoms with Crippen molar-refractivity contribution in [2.24, 2.45) is 5.92 Å². The molecule has 0 aromatic rings. The number of rotatable bonds is 5. The van der Waals surface area contributed by atoms with Crippen molar-refractivity contribution in [2.45, 2.75) is 39.2 Å². The van der Waals surface area contributed by atoms with E-state index in [1.807, 2.05) is 13.8 Å². The van der Waals surface area contributed by atoms with E-state index in [1.165, 1.54) is 0 Å². The first-order valence-corrected chi connectivity index (χ1v) is 4.05. The molecule has 0 fully saturated rings. The Morgan fingerprint density at radius 2 is 1.82 bits per heavy atom. The van der Waals surface area contributed by atoms with Crippen molar-refractivity contribution in [3.05, 3.63) is 0 Å². The minimum Gasteiger partial charge on any atom is -0.396 e. The molecule has 0 aromatic carbocycles. The van der Waals surface area contributed by atoms with Gasteiger partial charge >= 0.3 is 23.1 Å². The van der Waals surface area contributed by atoms with E-state index >= 15 is 0 Å². The molecular formula is C8H20MgO2. The van der Waals surface area contributed by atoms with Gasteiger partial charge in [0.2, 0.25) is 0 Å². The predicted octanol–water partition coefficient (Wildman–Crippen LogP) is 0.250. The van der Waals surface area contributed by atoms with Gasteiger partial charge in [-0.25, -0.2) is 0 Å². The van der Waals surface area contributed by atoms with Crippen molar-refractivity contribution in [3.8, 4) is 0 Å². The third-order valence-corrected chi connectivity index (χ3v) is 1.89. The van der Waals surface area contributed by atoms with Crippen molar-refractivity contribution in [1.29, 1.82) is 0 Å². The van der Waals surface area contributed by atoms with Gasteiger partial charge in [0, 0.05) is 12.5 Å². The summed E-state index contributed by atoms with van der Waals surface area (Å²) in [6.45, 7) is 4.13. The second-order valence-electron chi connectivity index (χ2n) is 2.71. The third-order valence-electron chi connectivity index (χ3n) is 1.89. The summed E-state index contributed by atoms with van der Waals surface area (Å²) in [5.74, 6) is 0.0833. The van der Waals surface area contributed by atoms with Crippen molar-refractivity contribution >= 4 is 23.1 Å². The van der Waals surface area contributed by atoms with Crippen LogP contribution in [0.5, 0.6) is 0 Å². The minimum atomic E-state index is -0.306. The SMILES string of the molecule is CCCC(O)C(CC)CO.[MgH2]. The van der Waals surface area contributed by atoms with Crippen LogP contribution < -0.4 is 0 Å². The van der Waals surface area contributed by atoms with Crippen molar-refractivity contribution in [2.75, 3.05) is 6.61 Å². The molecule has 0 saturated carbocycles. The molecule has 2 unspecified atom stereocenters. The molecule has 2 atom stereocenters. The van der Waals surface area contributed by atoms with Crippen LogP contribution in [-0.4, -0.2) is 46.0 Å². The van der Waals surface area contributed by atoms with E-state index in [-0.39, 0.29) is 41.7 Å². The molecule has 3 heteroatoms. The van der Waals surface area contributed by atoms with Gasteiger partial charge in [-0.15, -0.1) is 0 Å². The largest absolute Gasteiger partial charge is 0.396 e. The molecule has 2 N–H and O–H groups in total. The number of aliphatic hydroxyl groups excluding tert-OH is 2. The summed E-state index contributed by atoms with van der Waals surface area (Å²) in [6.07, 6.45) is 2.34. The summed E-state index contributed by atoms with van der Waals surface area (Å²) in [4.78, 5) is 0. The van der Waals surface area contributed by atoms with Crippen LogP contribution in [0.4, 0.5) is 0 Å². The van der Waals surface area contributed by atoms with E-state index in [9.17, 15) is 5.11 Å². The van der Waals surface area contributed by atoms with Crippen LogP contribution in [0.25, 0.3) is 0 Å². The van der Waals surface area contributed by atoms with Gasteiger partial charge in [0.05, 0.1) is 6.10 Å². The summed E-state index contributed by atoms with van der Waals surface area (Å²) in [5, 5.41) is 18.1. The van der Waals surface area contributed by atoms with Gasteiger partial charge in [-0.3, -0.25) is 0 Å². The van der Waals surface area contributed by atoms with Crippen LogP contribution in [0.2, 0.25) is 0 Å². The Labute approximate surface area is 85.2 Å². The highest BCUT2D eigenvalue weighted by Crippen LogP contribution is 2.11. The van der Waals surface area contributed by atoms with E-state index in [1.54, 1.807) is 0 Å². The Bertz CT molecular complexity index is 74.5. The van der Waals surface area contributed by atoms with Gasteiger partial charge in [0.1, 0.15) is 0 Å². The Balaban J connectivity index is 0. The van der Waals surface area contributed by atoms with E-state index in [0.29, 0.717) is 0 Å². The lowest BCUT2D eigenvalue weighted by atomic mass is 9.97. The maximum atomic E-state index is 9.35. The summed E-state index contributed by atoms with van der Waals surface area (Å²) < 4.78 is 0. The fourth-order valence-electron chi connectivity index (χ4n) is 1.05. The lowest BCUT2D eigenvalue weighted by Crippen LogP contribution is -2.22.